The summed E-state index contributed by atoms with van der Waals surface area (Å²) in [6, 6.07) is 7.45. The van der Waals surface area contributed by atoms with Crippen LogP contribution in [0, 0.1) is 0 Å². The Morgan fingerprint density at radius 3 is 2.60 bits per heavy atom. The Balaban J connectivity index is 2.59. The highest BCUT2D eigenvalue weighted by Gasteiger charge is 2.18. The highest BCUT2D eigenvalue weighted by molar-refractivity contribution is 5.71. The van der Waals surface area contributed by atoms with E-state index in [1.807, 2.05) is 24.3 Å². The molecule has 20 heavy (non-hydrogen) atoms. The van der Waals surface area contributed by atoms with E-state index < -0.39 is 17.7 Å². The molecule has 0 saturated heterocycles. The molecule has 0 aliphatic rings. The number of aliphatic hydroxyl groups excluding tert-OH is 1. The van der Waals surface area contributed by atoms with Gasteiger partial charge in [0.1, 0.15) is 11.4 Å². The molecule has 0 fully saturated rings. The number of hydrogen-bond acceptors (Lipinski definition) is 4. The van der Waals surface area contributed by atoms with Crippen LogP contribution in [0.5, 0.6) is 5.75 Å². The van der Waals surface area contributed by atoms with Crippen LogP contribution in [0.2, 0.25) is 0 Å². The molecule has 1 aromatic rings. The first-order chi connectivity index (χ1) is 9.31. The lowest BCUT2D eigenvalue weighted by atomic mass is 10.1. The van der Waals surface area contributed by atoms with Gasteiger partial charge in [-0.15, -0.1) is 0 Å². The van der Waals surface area contributed by atoms with Gasteiger partial charge in [-0.25, -0.2) is 0 Å². The van der Waals surface area contributed by atoms with Crippen molar-refractivity contribution in [3.63, 3.8) is 0 Å². The highest BCUT2D eigenvalue weighted by atomic mass is 16.6. The number of rotatable bonds is 5. The first-order valence-electron chi connectivity index (χ1n) is 6.53. The molecule has 0 aliphatic heterocycles. The van der Waals surface area contributed by atoms with Gasteiger partial charge in [0.25, 0.3) is 0 Å². The van der Waals surface area contributed by atoms with Crippen LogP contribution in [0.4, 0.5) is 0 Å². The number of carbonyl (C=O) groups excluding carboxylic acids is 1. The maximum absolute atomic E-state index is 11.6. The molecule has 0 heterocycles. The van der Waals surface area contributed by atoms with E-state index in [1.54, 1.807) is 40.0 Å². The molecule has 0 aliphatic carbocycles. The summed E-state index contributed by atoms with van der Waals surface area (Å²) < 4.78 is 10.3. The minimum absolute atomic E-state index is 0.0665. The number of para-hydroxylation sites is 1. The van der Waals surface area contributed by atoms with E-state index in [1.165, 1.54) is 0 Å². The highest BCUT2D eigenvalue weighted by Crippen LogP contribution is 2.19. The number of hydrogen-bond donors (Lipinski definition) is 1. The maximum Gasteiger partial charge on any atom is 0.309 e. The topological polar surface area (TPSA) is 55.8 Å². The van der Waals surface area contributed by atoms with Gasteiger partial charge in [0.15, 0.2) is 0 Å². The van der Waals surface area contributed by atoms with Gasteiger partial charge >= 0.3 is 5.97 Å². The largest absolute Gasteiger partial charge is 0.496 e. The third-order valence-electron chi connectivity index (χ3n) is 2.43. The number of methoxy groups -OCH3 is 1. The molecule has 0 unspecified atom stereocenters. The van der Waals surface area contributed by atoms with E-state index >= 15 is 0 Å². The number of aliphatic hydroxyl groups is 1. The lowest BCUT2D eigenvalue weighted by Gasteiger charge is -2.20. The summed E-state index contributed by atoms with van der Waals surface area (Å²) in [4.78, 5) is 11.6. The summed E-state index contributed by atoms with van der Waals surface area (Å²) in [5.74, 6) is 0.294. The predicted octanol–water partition coefficient (Wildman–Crippen LogP) is 2.80. The molecule has 0 aromatic heterocycles. The van der Waals surface area contributed by atoms with Crippen LogP contribution < -0.4 is 4.74 Å². The van der Waals surface area contributed by atoms with Gasteiger partial charge in [0.05, 0.1) is 19.6 Å². The Morgan fingerprint density at radius 1 is 1.35 bits per heavy atom. The second-order valence-electron chi connectivity index (χ2n) is 5.46. The molecule has 1 atom stereocenters. The molecule has 0 amide bonds. The normalized spacial score (nSPS) is 13.2. The van der Waals surface area contributed by atoms with Gasteiger partial charge in [-0.2, -0.15) is 0 Å². The molecule has 0 bridgehead atoms. The number of benzene rings is 1. The zero-order valence-electron chi connectivity index (χ0n) is 12.4. The van der Waals surface area contributed by atoms with Gasteiger partial charge < -0.3 is 14.6 Å². The summed E-state index contributed by atoms with van der Waals surface area (Å²) in [5.41, 5.74) is 0.307. The van der Waals surface area contributed by atoms with Crippen LogP contribution in [-0.2, 0) is 9.53 Å². The maximum atomic E-state index is 11.6. The van der Waals surface area contributed by atoms with Crippen molar-refractivity contribution in [2.45, 2.75) is 38.9 Å². The Labute approximate surface area is 120 Å². The van der Waals surface area contributed by atoms with Crippen LogP contribution in [-0.4, -0.2) is 29.9 Å². The second kappa shape index (κ2) is 7.10. The van der Waals surface area contributed by atoms with Crippen LogP contribution in [0.15, 0.2) is 30.3 Å². The average molecular weight is 278 g/mol. The lowest BCUT2D eigenvalue weighted by molar-refractivity contribution is -0.156. The van der Waals surface area contributed by atoms with E-state index in [0.717, 1.165) is 5.56 Å². The summed E-state index contributed by atoms with van der Waals surface area (Å²) in [7, 11) is 1.59. The number of carbonyl (C=O) groups is 1. The first-order valence-corrected chi connectivity index (χ1v) is 6.53. The van der Waals surface area contributed by atoms with Gasteiger partial charge in [-0.05, 0) is 26.8 Å². The van der Waals surface area contributed by atoms with E-state index in [0.29, 0.717) is 5.75 Å². The number of ether oxygens (including phenoxy) is 2. The van der Waals surface area contributed by atoms with E-state index in [2.05, 4.69) is 0 Å². The van der Waals surface area contributed by atoms with Crippen molar-refractivity contribution in [1.29, 1.82) is 0 Å². The standard InChI is InChI=1S/C16H22O4/c1-16(2,3)20-15(18)11-13(17)10-9-12-7-5-6-8-14(12)19-4/h5-10,13,17H,11H2,1-4H3/b10-9+/t13-/m0/s1. The van der Waals surface area contributed by atoms with E-state index in [9.17, 15) is 9.90 Å². The minimum atomic E-state index is -0.880. The lowest BCUT2D eigenvalue weighted by Crippen LogP contribution is -2.26. The van der Waals surface area contributed by atoms with Crippen molar-refractivity contribution in [2.24, 2.45) is 0 Å². The van der Waals surface area contributed by atoms with Crippen molar-refractivity contribution in [3.8, 4) is 5.75 Å². The fourth-order valence-electron chi connectivity index (χ4n) is 1.64. The predicted molar refractivity (Wildman–Crippen MR) is 78.5 cm³/mol. The molecular weight excluding hydrogens is 256 g/mol. The molecule has 0 spiro atoms. The molecule has 0 radical (unpaired) electrons. The number of esters is 1. The van der Waals surface area contributed by atoms with Gasteiger partial charge in [0.2, 0.25) is 0 Å². The summed E-state index contributed by atoms with van der Waals surface area (Å²) in [6.07, 6.45) is 2.34. The zero-order chi connectivity index (χ0) is 15.2. The second-order valence-corrected chi connectivity index (χ2v) is 5.46. The van der Waals surface area contributed by atoms with Crippen molar-refractivity contribution in [3.05, 3.63) is 35.9 Å². The van der Waals surface area contributed by atoms with E-state index in [-0.39, 0.29) is 6.42 Å². The van der Waals surface area contributed by atoms with Crippen LogP contribution >= 0.6 is 0 Å². The molecule has 0 saturated carbocycles. The molecular formula is C16H22O4. The van der Waals surface area contributed by atoms with Crippen LogP contribution in [0.25, 0.3) is 6.08 Å². The van der Waals surface area contributed by atoms with Crippen molar-refractivity contribution < 1.29 is 19.4 Å². The Hall–Kier alpha value is -1.81. The Morgan fingerprint density at radius 2 is 2.00 bits per heavy atom. The quantitative estimate of drug-likeness (QED) is 0.841. The Bertz CT molecular complexity index is 472. The van der Waals surface area contributed by atoms with Crippen LogP contribution in [0.3, 0.4) is 0 Å². The molecule has 1 aromatic carbocycles. The molecule has 1 rings (SSSR count). The third kappa shape index (κ3) is 5.89. The van der Waals surface area contributed by atoms with Gasteiger partial charge in [-0.1, -0.05) is 30.4 Å². The van der Waals surface area contributed by atoms with Gasteiger partial charge in [-0.3, -0.25) is 4.79 Å². The Kier molecular flexibility index (Phi) is 5.77. The molecule has 1 N–H and O–H groups in total. The van der Waals surface area contributed by atoms with Crippen LogP contribution in [0.1, 0.15) is 32.8 Å². The summed E-state index contributed by atoms with van der Waals surface area (Å²) in [6.45, 7) is 5.38. The van der Waals surface area contributed by atoms with Crippen molar-refractivity contribution in [1.82, 2.24) is 0 Å². The SMILES string of the molecule is COc1ccccc1/C=C/[C@H](O)CC(=O)OC(C)(C)C. The average Bonchev–Trinajstić information content (AvgIpc) is 2.34. The molecule has 110 valence electrons. The van der Waals surface area contributed by atoms with Crippen molar-refractivity contribution >= 4 is 12.0 Å². The van der Waals surface area contributed by atoms with E-state index in [4.69, 9.17) is 9.47 Å². The minimum Gasteiger partial charge on any atom is -0.496 e. The fraction of sp³-hybridized carbons (Fsp3) is 0.438. The molecule has 4 nitrogen and oxygen atoms in total. The van der Waals surface area contributed by atoms with Gasteiger partial charge in [0, 0.05) is 5.56 Å². The molecule has 4 heteroatoms. The summed E-state index contributed by atoms with van der Waals surface area (Å²) in [5, 5.41) is 9.81. The summed E-state index contributed by atoms with van der Waals surface area (Å²) >= 11 is 0. The third-order valence-corrected chi connectivity index (χ3v) is 2.43. The van der Waals surface area contributed by atoms with Crippen molar-refractivity contribution in [2.75, 3.05) is 7.11 Å². The zero-order valence-corrected chi connectivity index (χ0v) is 12.4. The smallest absolute Gasteiger partial charge is 0.309 e. The fourth-order valence-corrected chi connectivity index (χ4v) is 1.64. The first kappa shape index (κ1) is 16.2. The monoisotopic (exact) mass is 278 g/mol.